The minimum absolute atomic E-state index is 0.281. The molecule has 1 aliphatic heterocycles. The lowest BCUT2D eigenvalue weighted by atomic mass is 10.2. The van der Waals surface area contributed by atoms with Gasteiger partial charge in [-0.1, -0.05) is 42.1 Å². The van der Waals surface area contributed by atoms with Gasteiger partial charge in [0, 0.05) is 49.8 Å². The zero-order valence-corrected chi connectivity index (χ0v) is 23.5. The van der Waals surface area contributed by atoms with E-state index in [4.69, 9.17) is 9.72 Å². The Bertz CT molecular complexity index is 1600. The Balaban J connectivity index is 1.05. The molecule has 6 rings (SSSR count). The molecule has 4 heterocycles. The van der Waals surface area contributed by atoms with E-state index in [1.165, 1.54) is 0 Å². The summed E-state index contributed by atoms with van der Waals surface area (Å²) in [6, 6.07) is 21.7. The summed E-state index contributed by atoms with van der Waals surface area (Å²) in [6.07, 6.45) is 5.32. The Hall–Kier alpha value is -4.22. The third kappa shape index (κ3) is 6.00. The van der Waals surface area contributed by atoms with E-state index < -0.39 is 0 Å². The van der Waals surface area contributed by atoms with Crippen molar-refractivity contribution in [2.45, 2.75) is 10.9 Å². The van der Waals surface area contributed by atoms with Gasteiger partial charge in [0.1, 0.15) is 12.4 Å². The average molecular weight is 570 g/mol. The van der Waals surface area contributed by atoms with Gasteiger partial charge in [-0.05, 0) is 48.2 Å². The van der Waals surface area contributed by atoms with Gasteiger partial charge in [-0.3, -0.25) is 0 Å². The highest BCUT2D eigenvalue weighted by atomic mass is 32.2. The van der Waals surface area contributed by atoms with Gasteiger partial charge in [-0.25, -0.2) is 24.7 Å². The Morgan fingerprint density at radius 3 is 2.62 bits per heavy atom. The fourth-order valence-electron chi connectivity index (χ4n) is 4.43. The average Bonchev–Trinajstić information content (AvgIpc) is 3.43. The molecule has 5 aromatic rings. The molecule has 1 amide bonds. The molecule has 1 N–H and O–H groups in total. The maximum Gasteiger partial charge on any atom is 0.410 e. The van der Waals surface area contributed by atoms with Gasteiger partial charge in [-0.15, -0.1) is 11.3 Å². The van der Waals surface area contributed by atoms with Crippen molar-refractivity contribution in [3.8, 4) is 11.3 Å². The number of benzene rings is 2. The summed E-state index contributed by atoms with van der Waals surface area (Å²) >= 11 is 3.32. The fourth-order valence-corrected chi connectivity index (χ4v) is 5.96. The van der Waals surface area contributed by atoms with E-state index in [0.29, 0.717) is 32.1 Å². The molecule has 0 spiro atoms. The molecule has 11 heteroatoms. The van der Waals surface area contributed by atoms with E-state index in [-0.39, 0.29) is 12.7 Å². The normalized spacial score (nSPS) is 13.4. The summed E-state index contributed by atoms with van der Waals surface area (Å²) in [7, 11) is 0. The minimum Gasteiger partial charge on any atom is -0.445 e. The number of thioether (sulfide) groups is 1. The van der Waals surface area contributed by atoms with E-state index in [0.717, 1.165) is 42.9 Å². The van der Waals surface area contributed by atoms with Crippen molar-refractivity contribution in [2.75, 3.05) is 42.7 Å². The molecular formula is C29H27N7O2S2. The molecule has 0 unspecified atom stereocenters. The van der Waals surface area contributed by atoms with Crippen molar-refractivity contribution in [1.29, 1.82) is 0 Å². The number of thiazole rings is 1. The summed E-state index contributed by atoms with van der Waals surface area (Å²) in [5.74, 6) is 1.39. The number of amides is 1. The molecule has 2 aromatic carbocycles. The molecule has 3 aromatic heterocycles. The Morgan fingerprint density at radius 1 is 1.00 bits per heavy atom. The van der Waals surface area contributed by atoms with Crippen molar-refractivity contribution < 1.29 is 9.53 Å². The molecule has 1 saturated heterocycles. The first-order chi connectivity index (χ1) is 19.6. The fraction of sp³-hybridized carbons (Fsp3) is 0.207. The summed E-state index contributed by atoms with van der Waals surface area (Å²) < 4.78 is 7.64. The van der Waals surface area contributed by atoms with E-state index in [2.05, 4.69) is 31.2 Å². The van der Waals surface area contributed by atoms with Crippen molar-refractivity contribution >= 4 is 56.9 Å². The molecule has 9 nitrogen and oxygen atoms in total. The number of carbonyl (C=O) groups is 1. The Morgan fingerprint density at radius 2 is 1.85 bits per heavy atom. The first kappa shape index (κ1) is 26.0. The van der Waals surface area contributed by atoms with Crippen molar-refractivity contribution in [2.24, 2.45) is 0 Å². The van der Waals surface area contributed by atoms with Gasteiger partial charge < -0.3 is 19.9 Å². The maximum atomic E-state index is 12.5. The first-order valence-corrected chi connectivity index (χ1v) is 14.9. The predicted octanol–water partition coefficient (Wildman–Crippen LogP) is 6.07. The lowest BCUT2D eigenvalue weighted by Gasteiger charge is -2.34. The molecule has 40 heavy (non-hydrogen) atoms. The SMILES string of the molecule is CSc1nc2ccc(Nc3nccc(-c4ccc(N5CCN(C(=O)OCc6ccccc6)CC5)nc4)n3)cc2s1. The number of nitrogens with zero attached hydrogens (tertiary/aromatic N) is 6. The van der Waals surface area contributed by atoms with Crippen molar-refractivity contribution in [1.82, 2.24) is 24.8 Å². The summed E-state index contributed by atoms with van der Waals surface area (Å²) in [6.45, 7) is 2.84. The van der Waals surface area contributed by atoms with Crippen LogP contribution in [-0.4, -0.2) is 63.4 Å². The number of nitrogens with one attached hydrogen (secondary N) is 1. The lowest BCUT2D eigenvalue weighted by molar-refractivity contribution is 0.0941. The van der Waals surface area contributed by atoms with Crippen LogP contribution in [0.4, 0.5) is 22.2 Å². The number of hydrogen-bond donors (Lipinski definition) is 1. The number of anilines is 3. The van der Waals surface area contributed by atoms with Crippen LogP contribution in [0.2, 0.25) is 0 Å². The third-order valence-electron chi connectivity index (χ3n) is 6.57. The highest BCUT2D eigenvalue weighted by Crippen LogP contribution is 2.31. The van der Waals surface area contributed by atoms with Crippen LogP contribution in [0.15, 0.2) is 83.5 Å². The van der Waals surface area contributed by atoms with Crippen molar-refractivity contribution in [3.05, 3.63) is 84.7 Å². The van der Waals surface area contributed by atoms with Crippen LogP contribution >= 0.6 is 23.1 Å². The number of hydrogen-bond acceptors (Lipinski definition) is 10. The lowest BCUT2D eigenvalue weighted by Crippen LogP contribution is -2.49. The molecule has 0 atom stereocenters. The summed E-state index contributed by atoms with van der Waals surface area (Å²) in [5.41, 5.74) is 4.57. The number of fused-ring (bicyclic) bond motifs is 1. The quantitative estimate of drug-likeness (QED) is 0.234. The van der Waals surface area contributed by atoms with Crippen molar-refractivity contribution in [3.63, 3.8) is 0 Å². The Kier molecular flexibility index (Phi) is 7.73. The van der Waals surface area contributed by atoms with E-state index in [1.807, 2.05) is 73.1 Å². The molecule has 1 aliphatic rings. The van der Waals surface area contributed by atoms with Gasteiger partial charge in [0.25, 0.3) is 0 Å². The maximum absolute atomic E-state index is 12.5. The standard InChI is InChI=1S/C29H27N7O2S2/c1-39-28-34-24-9-8-22(17-25(24)40-28)32-27-30-12-11-23(33-27)21-7-10-26(31-18-21)35-13-15-36(16-14-35)29(37)38-19-20-5-3-2-4-6-20/h2-12,17-18H,13-16,19H2,1H3,(H,30,32,33). The Labute approximate surface area is 240 Å². The van der Waals surface area contributed by atoms with E-state index in [1.54, 1.807) is 34.2 Å². The number of pyridine rings is 1. The highest BCUT2D eigenvalue weighted by molar-refractivity contribution is 8.00. The molecule has 0 radical (unpaired) electrons. The molecule has 0 aliphatic carbocycles. The van der Waals surface area contributed by atoms with Gasteiger partial charge in [0.15, 0.2) is 4.34 Å². The first-order valence-electron chi connectivity index (χ1n) is 12.9. The minimum atomic E-state index is -0.281. The predicted molar refractivity (Wildman–Crippen MR) is 160 cm³/mol. The molecular weight excluding hydrogens is 543 g/mol. The number of ether oxygens (including phenoxy) is 1. The van der Waals surface area contributed by atoms with Crippen LogP contribution in [0.5, 0.6) is 0 Å². The van der Waals surface area contributed by atoms with Crippen LogP contribution in [0, 0.1) is 0 Å². The van der Waals surface area contributed by atoms with Gasteiger partial charge in [0.05, 0.1) is 15.9 Å². The van der Waals surface area contributed by atoms with Crippen LogP contribution < -0.4 is 10.2 Å². The topological polar surface area (TPSA) is 96.4 Å². The summed E-state index contributed by atoms with van der Waals surface area (Å²) in [5, 5.41) is 3.31. The monoisotopic (exact) mass is 569 g/mol. The van der Waals surface area contributed by atoms with Gasteiger partial charge >= 0.3 is 6.09 Å². The van der Waals surface area contributed by atoms with Crippen LogP contribution in [0.3, 0.4) is 0 Å². The second kappa shape index (κ2) is 11.9. The largest absolute Gasteiger partial charge is 0.445 e. The number of piperazine rings is 1. The molecule has 202 valence electrons. The number of rotatable bonds is 7. The van der Waals surface area contributed by atoms with Gasteiger partial charge in [-0.2, -0.15) is 0 Å². The second-order valence-corrected chi connectivity index (χ2v) is 11.3. The van der Waals surface area contributed by atoms with Crippen LogP contribution in [0.25, 0.3) is 21.5 Å². The molecule has 0 bridgehead atoms. The highest BCUT2D eigenvalue weighted by Gasteiger charge is 2.23. The van der Waals surface area contributed by atoms with Gasteiger partial charge in [0.2, 0.25) is 5.95 Å². The zero-order valence-electron chi connectivity index (χ0n) is 21.9. The summed E-state index contributed by atoms with van der Waals surface area (Å²) in [4.78, 5) is 34.8. The molecule has 0 saturated carbocycles. The van der Waals surface area contributed by atoms with Crippen LogP contribution in [0.1, 0.15) is 5.56 Å². The van der Waals surface area contributed by atoms with E-state index >= 15 is 0 Å². The van der Waals surface area contributed by atoms with Crippen LogP contribution in [-0.2, 0) is 11.3 Å². The molecule has 1 fully saturated rings. The number of aromatic nitrogens is 4. The zero-order chi connectivity index (χ0) is 27.3. The number of carbonyl (C=O) groups excluding carboxylic acids is 1. The van der Waals surface area contributed by atoms with E-state index in [9.17, 15) is 4.79 Å². The third-order valence-corrected chi connectivity index (χ3v) is 8.57. The second-order valence-electron chi connectivity index (χ2n) is 9.18. The smallest absolute Gasteiger partial charge is 0.410 e.